The second kappa shape index (κ2) is 6.96. The van der Waals surface area contributed by atoms with Gasteiger partial charge >= 0.3 is 6.03 Å². The van der Waals surface area contributed by atoms with Gasteiger partial charge < -0.3 is 20.5 Å². The Kier molecular flexibility index (Phi) is 4.34. The van der Waals surface area contributed by atoms with Crippen molar-refractivity contribution < 1.29 is 13.7 Å². The summed E-state index contributed by atoms with van der Waals surface area (Å²) in [5.74, 6) is 0.520. The molecule has 11 heteroatoms. The Morgan fingerprint density at radius 1 is 1.35 bits per heavy atom. The fourth-order valence-electron chi connectivity index (χ4n) is 4.93. The summed E-state index contributed by atoms with van der Waals surface area (Å²) in [7, 11) is 0. The van der Waals surface area contributed by atoms with Gasteiger partial charge in [0.25, 0.3) is 11.8 Å². The van der Waals surface area contributed by atoms with Gasteiger partial charge in [-0.05, 0) is 48.5 Å². The van der Waals surface area contributed by atoms with Gasteiger partial charge in [0.15, 0.2) is 5.82 Å². The number of aromatic nitrogens is 5. The quantitative estimate of drug-likeness (QED) is 0.655. The highest BCUT2D eigenvalue weighted by Gasteiger charge is 2.62. The van der Waals surface area contributed by atoms with Crippen LogP contribution in [0, 0.1) is 18.7 Å². The summed E-state index contributed by atoms with van der Waals surface area (Å²) in [6.45, 7) is 3.87. The van der Waals surface area contributed by atoms with Crippen molar-refractivity contribution in [3.05, 3.63) is 41.8 Å². The van der Waals surface area contributed by atoms with Crippen molar-refractivity contribution in [2.45, 2.75) is 44.7 Å². The highest BCUT2D eigenvalue weighted by atomic mass is 19.1. The Morgan fingerprint density at radius 2 is 2.19 bits per heavy atom. The van der Waals surface area contributed by atoms with E-state index in [1.54, 1.807) is 11.8 Å². The molecule has 3 aromatic rings. The van der Waals surface area contributed by atoms with Gasteiger partial charge in [-0.2, -0.15) is 10.1 Å². The minimum atomic E-state index is -0.729. The maximum Gasteiger partial charge on any atom is 0.323 e. The van der Waals surface area contributed by atoms with Crippen molar-refractivity contribution in [1.82, 2.24) is 30.2 Å². The van der Waals surface area contributed by atoms with Crippen LogP contribution in [0.25, 0.3) is 11.4 Å². The van der Waals surface area contributed by atoms with Gasteiger partial charge in [-0.25, -0.2) is 14.2 Å². The average Bonchev–Trinajstić information content (AvgIpc) is 3.17. The number of hydrogen-bond donors (Lipinski definition) is 2. The fourth-order valence-corrected chi connectivity index (χ4v) is 4.93. The first-order chi connectivity index (χ1) is 14.9. The molecule has 2 saturated heterocycles. The predicted octanol–water partition coefficient (Wildman–Crippen LogP) is 2.88. The Labute approximate surface area is 177 Å². The largest absolute Gasteiger partial charge is 0.365 e. The number of aryl methyl sites for hydroxylation is 1. The third kappa shape index (κ3) is 3.07. The van der Waals surface area contributed by atoms with Gasteiger partial charge in [0.05, 0.1) is 11.9 Å². The molecule has 0 unspecified atom stereocenters. The summed E-state index contributed by atoms with van der Waals surface area (Å²) in [5, 5.41) is 14.2. The zero-order valence-electron chi connectivity index (χ0n) is 17.0. The molecule has 4 heterocycles. The predicted molar refractivity (Wildman–Crippen MR) is 108 cm³/mol. The van der Waals surface area contributed by atoms with E-state index in [4.69, 9.17) is 10.3 Å². The van der Waals surface area contributed by atoms with Crippen LogP contribution >= 0.6 is 0 Å². The number of piperidine rings is 1. The minimum absolute atomic E-state index is 0.00603. The molecule has 2 aliphatic rings. The molecule has 2 fully saturated rings. The number of anilines is 2. The number of nitrogens with one attached hydrogen (secondary N) is 1. The molecule has 1 aromatic carbocycles. The number of fused-ring (bicyclic) bond motifs is 2. The Hall–Kier alpha value is -3.63. The maximum absolute atomic E-state index is 14.7. The fraction of sp³-hybridized carbons (Fsp3) is 0.400. The molecule has 3 atom stereocenters. The number of urea groups is 1. The topological polar surface area (TPSA) is 136 Å². The van der Waals surface area contributed by atoms with Crippen molar-refractivity contribution in [1.29, 1.82) is 0 Å². The lowest BCUT2D eigenvalue weighted by Gasteiger charge is -2.61. The lowest BCUT2D eigenvalue weighted by Crippen LogP contribution is -2.70. The third-order valence-corrected chi connectivity index (χ3v) is 6.10. The van der Waals surface area contributed by atoms with Crippen LogP contribution in [-0.4, -0.2) is 42.3 Å². The molecule has 31 heavy (non-hydrogen) atoms. The molecule has 2 aromatic heterocycles. The highest BCUT2D eigenvalue weighted by Crippen LogP contribution is 2.55. The number of nitrogens with zero attached hydrogens (tertiary/aromatic N) is 6. The summed E-state index contributed by atoms with van der Waals surface area (Å²) < 4.78 is 20.1. The van der Waals surface area contributed by atoms with E-state index in [1.807, 2.05) is 0 Å². The summed E-state index contributed by atoms with van der Waals surface area (Å²) in [5.41, 5.74) is 6.18. The van der Waals surface area contributed by atoms with E-state index in [-0.39, 0.29) is 17.7 Å². The minimum Gasteiger partial charge on any atom is -0.365 e. The van der Waals surface area contributed by atoms with Crippen molar-refractivity contribution in [2.24, 2.45) is 5.92 Å². The SMILES string of the molecule is Cc1cc(F)c(NC(=O)N2[C@@H]3C[C@@H](C)C[C@@]2(c2nc(N)no2)C3)cc1-c1nccnn1. The second-order valence-electron chi connectivity index (χ2n) is 8.31. The standard InChI is InChI=1S/C20H21FN8O2/c1-10-5-12-9-20(8-10,17-26-18(22)28-31-17)29(12)19(30)25-15-7-13(11(2)6-14(15)21)16-23-3-4-24-27-16/h3-4,6-7,10,12H,5,8-9H2,1-2H3,(H2,22,28)(H,25,30)/t10-,12-,20+/m1/s1. The van der Waals surface area contributed by atoms with Crippen molar-refractivity contribution in [3.63, 3.8) is 0 Å². The number of nitrogen functional groups attached to an aromatic ring is 1. The Bertz CT molecular complexity index is 1150. The molecule has 0 saturated carbocycles. The number of halogens is 1. The van der Waals surface area contributed by atoms with E-state index in [2.05, 4.69) is 37.6 Å². The number of carbonyl (C=O) groups excluding carboxylic acids is 1. The Balaban J connectivity index is 1.46. The van der Waals surface area contributed by atoms with Gasteiger partial charge in [-0.1, -0.05) is 6.92 Å². The molecule has 2 bridgehead atoms. The zero-order chi connectivity index (χ0) is 21.8. The van der Waals surface area contributed by atoms with Gasteiger partial charge in [0.1, 0.15) is 11.4 Å². The molecule has 0 aliphatic carbocycles. The molecule has 3 N–H and O–H groups in total. The monoisotopic (exact) mass is 424 g/mol. The molecule has 160 valence electrons. The third-order valence-electron chi connectivity index (χ3n) is 6.10. The molecule has 0 spiro atoms. The van der Waals surface area contributed by atoms with Crippen molar-refractivity contribution in [3.8, 4) is 11.4 Å². The number of nitrogens with two attached hydrogens (primary N) is 1. The zero-order valence-corrected chi connectivity index (χ0v) is 17.0. The summed E-state index contributed by atoms with van der Waals surface area (Å²) >= 11 is 0. The van der Waals surface area contributed by atoms with Crippen LogP contribution < -0.4 is 11.1 Å². The molecule has 2 amide bonds. The van der Waals surface area contributed by atoms with Crippen LogP contribution in [0.3, 0.4) is 0 Å². The molecular formula is C20H21FN8O2. The van der Waals surface area contributed by atoms with Gasteiger partial charge in [-0.3, -0.25) is 0 Å². The summed E-state index contributed by atoms with van der Waals surface area (Å²) in [6.07, 6.45) is 5.19. The van der Waals surface area contributed by atoms with E-state index >= 15 is 0 Å². The lowest BCUT2D eigenvalue weighted by molar-refractivity contribution is -0.112. The van der Waals surface area contributed by atoms with Gasteiger partial charge in [0, 0.05) is 24.2 Å². The molecule has 10 nitrogen and oxygen atoms in total. The van der Waals surface area contributed by atoms with Crippen LogP contribution in [0.5, 0.6) is 0 Å². The van der Waals surface area contributed by atoms with E-state index in [0.717, 1.165) is 6.42 Å². The normalized spacial score (nSPS) is 24.5. The molecule has 2 aliphatic heterocycles. The first kappa shape index (κ1) is 19.3. The van der Waals surface area contributed by atoms with Crippen LogP contribution in [-0.2, 0) is 5.54 Å². The molecule has 0 radical (unpaired) electrons. The summed E-state index contributed by atoms with van der Waals surface area (Å²) in [4.78, 5) is 23.3. The van der Waals surface area contributed by atoms with E-state index in [9.17, 15) is 9.18 Å². The Morgan fingerprint density at radius 3 is 2.90 bits per heavy atom. The van der Waals surface area contributed by atoms with Crippen LogP contribution in [0.2, 0.25) is 0 Å². The first-order valence-electron chi connectivity index (χ1n) is 10.0. The van der Waals surface area contributed by atoms with Crippen molar-refractivity contribution in [2.75, 3.05) is 11.1 Å². The van der Waals surface area contributed by atoms with Gasteiger partial charge in [-0.15, -0.1) is 5.10 Å². The first-order valence-corrected chi connectivity index (χ1v) is 10.0. The van der Waals surface area contributed by atoms with E-state index in [0.29, 0.717) is 41.6 Å². The number of amides is 2. The van der Waals surface area contributed by atoms with Crippen LogP contribution in [0.1, 0.15) is 37.6 Å². The number of rotatable bonds is 3. The average molecular weight is 424 g/mol. The lowest BCUT2D eigenvalue weighted by atomic mass is 9.64. The number of benzene rings is 1. The van der Waals surface area contributed by atoms with Crippen LogP contribution in [0.4, 0.5) is 20.8 Å². The van der Waals surface area contributed by atoms with E-state index in [1.165, 1.54) is 24.5 Å². The van der Waals surface area contributed by atoms with Crippen molar-refractivity contribution >= 4 is 17.7 Å². The smallest absolute Gasteiger partial charge is 0.323 e. The molecule has 5 rings (SSSR count). The van der Waals surface area contributed by atoms with Crippen LogP contribution in [0.15, 0.2) is 29.0 Å². The second-order valence-corrected chi connectivity index (χ2v) is 8.31. The number of hydrogen-bond acceptors (Lipinski definition) is 8. The maximum atomic E-state index is 14.7. The van der Waals surface area contributed by atoms with E-state index < -0.39 is 17.4 Å². The summed E-state index contributed by atoms with van der Waals surface area (Å²) in [6, 6.07) is 2.44. The molecular weight excluding hydrogens is 403 g/mol. The number of carbonyl (C=O) groups is 1. The highest BCUT2D eigenvalue weighted by molar-refractivity contribution is 5.92. The van der Waals surface area contributed by atoms with Gasteiger partial charge in [0.2, 0.25) is 0 Å².